The number of nitrogens with zero attached hydrogens (tertiary/aromatic N) is 3. The van der Waals surface area contributed by atoms with Crippen molar-refractivity contribution in [1.29, 1.82) is 0 Å². The van der Waals surface area contributed by atoms with Crippen molar-refractivity contribution < 1.29 is 5.11 Å². The van der Waals surface area contributed by atoms with E-state index in [1.165, 1.54) is 11.1 Å². The summed E-state index contributed by atoms with van der Waals surface area (Å²) in [5.41, 5.74) is 12.4. The molecule has 0 saturated carbocycles. The van der Waals surface area contributed by atoms with Crippen LogP contribution in [0.5, 0.6) is 5.75 Å². The summed E-state index contributed by atoms with van der Waals surface area (Å²) in [6, 6.07) is 43.5. The van der Waals surface area contributed by atoms with Crippen LogP contribution in [-0.4, -0.2) is 19.6 Å². The van der Waals surface area contributed by atoms with E-state index >= 15 is 0 Å². The van der Waals surface area contributed by atoms with Gasteiger partial charge in [0, 0.05) is 16.7 Å². The van der Waals surface area contributed by atoms with Crippen molar-refractivity contribution in [2.24, 2.45) is 0 Å². The first-order valence-electron chi connectivity index (χ1n) is 16.7. The number of pyridine rings is 1. The molecule has 0 bridgehead atoms. The molecule has 5 aromatic carbocycles. The summed E-state index contributed by atoms with van der Waals surface area (Å²) in [4.78, 5) is 10.5. The van der Waals surface area contributed by atoms with Crippen LogP contribution in [0.3, 0.4) is 0 Å². The zero-order valence-electron chi connectivity index (χ0n) is 28.5. The average Bonchev–Trinajstić information content (AvgIpc) is 3.47. The van der Waals surface area contributed by atoms with Gasteiger partial charge >= 0.3 is 0 Å². The third-order valence-electron chi connectivity index (χ3n) is 9.16. The molecule has 0 spiro atoms. The van der Waals surface area contributed by atoms with E-state index in [-0.39, 0.29) is 17.1 Å². The fourth-order valence-corrected chi connectivity index (χ4v) is 6.82. The number of phenolic OH excluding ortho intramolecular Hbond substituents is 1. The predicted molar refractivity (Wildman–Crippen MR) is 200 cm³/mol. The maximum atomic E-state index is 12.4. The molecule has 0 aliphatic carbocycles. The van der Waals surface area contributed by atoms with Gasteiger partial charge in [0.25, 0.3) is 0 Å². The lowest BCUT2D eigenvalue weighted by molar-refractivity contribution is 0.478. The van der Waals surface area contributed by atoms with Gasteiger partial charge in [-0.05, 0) is 70.8 Å². The van der Waals surface area contributed by atoms with E-state index in [4.69, 9.17) is 9.97 Å². The Hall–Kier alpha value is -5.48. The summed E-state index contributed by atoms with van der Waals surface area (Å²) < 4.78 is 2.27. The van der Waals surface area contributed by atoms with Crippen molar-refractivity contribution in [3.05, 3.63) is 144 Å². The molecule has 0 fully saturated rings. The lowest BCUT2D eigenvalue weighted by Gasteiger charge is -2.28. The molecule has 0 saturated heterocycles. The van der Waals surface area contributed by atoms with Crippen LogP contribution in [0.1, 0.15) is 57.2 Å². The quantitative estimate of drug-likeness (QED) is 0.200. The van der Waals surface area contributed by atoms with Gasteiger partial charge in [0.1, 0.15) is 11.6 Å². The first-order chi connectivity index (χ1) is 23.1. The molecule has 2 heterocycles. The molecule has 0 aliphatic heterocycles. The second-order valence-corrected chi connectivity index (χ2v) is 13.9. The number of aromatic hydroxyl groups is 1. The van der Waals surface area contributed by atoms with Gasteiger partial charge in [0.15, 0.2) is 0 Å². The molecule has 0 radical (unpaired) electrons. The minimum Gasteiger partial charge on any atom is -0.506 e. The smallest absolute Gasteiger partial charge is 0.149 e. The Morgan fingerprint density at radius 3 is 1.98 bits per heavy atom. The minimum absolute atomic E-state index is 0.128. The van der Waals surface area contributed by atoms with E-state index in [9.17, 15) is 5.11 Å². The average molecular weight is 628 g/mol. The first kappa shape index (κ1) is 31.1. The van der Waals surface area contributed by atoms with Gasteiger partial charge in [-0.2, -0.15) is 0 Å². The topological polar surface area (TPSA) is 50.9 Å². The van der Waals surface area contributed by atoms with E-state index in [1.807, 2.05) is 66.7 Å². The number of para-hydroxylation sites is 4. The van der Waals surface area contributed by atoms with Crippen molar-refractivity contribution in [1.82, 2.24) is 14.5 Å². The highest BCUT2D eigenvalue weighted by Gasteiger charge is 2.28. The first-order valence-corrected chi connectivity index (χ1v) is 16.7. The van der Waals surface area contributed by atoms with Gasteiger partial charge in [-0.1, -0.05) is 132 Å². The predicted octanol–water partition coefficient (Wildman–Crippen LogP) is 11.5. The second-order valence-electron chi connectivity index (χ2n) is 13.9. The zero-order valence-corrected chi connectivity index (χ0v) is 28.5. The van der Waals surface area contributed by atoms with Gasteiger partial charge in [-0.3, -0.25) is 4.57 Å². The molecule has 0 unspecified atom stereocenters. The summed E-state index contributed by atoms with van der Waals surface area (Å²) >= 11 is 0. The van der Waals surface area contributed by atoms with Crippen LogP contribution in [0, 0.1) is 6.92 Å². The number of hydrogen-bond donors (Lipinski definition) is 1. The lowest BCUT2D eigenvalue weighted by atomic mass is 9.82. The van der Waals surface area contributed by atoms with Crippen LogP contribution in [0.4, 0.5) is 0 Å². The number of phenols is 1. The number of aryl methyl sites for hydroxylation is 1. The monoisotopic (exact) mass is 627 g/mol. The van der Waals surface area contributed by atoms with Crippen molar-refractivity contribution in [3.63, 3.8) is 0 Å². The molecule has 2 aromatic heterocycles. The van der Waals surface area contributed by atoms with E-state index in [1.54, 1.807) is 0 Å². The zero-order chi connectivity index (χ0) is 33.6. The Morgan fingerprint density at radius 2 is 1.29 bits per heavy atom. The number of aromatic nitrogens is 3. The highest BCUT2D eigenvalue weighted by Crippen LogP contribution is 2.45. The highest BCUT2D eigenvalue weighted by atomic mass is 16.3. The third-order valence-corrected chi connectivity index (χ3v) is 9.16. The Balaban J connectivity index is 1.54. The summed E-state index contributed by atoms with van der Waals surface area (Å²) in [7, 11) is 0. The van der Waals surface area contributed by atoms with Gasteiger partial charge < -0.3 is 5.11 Å². The van der Waals surface area contributed by atoms with E-state index in [0.29, 0.717) is 17.0 Å². The molecule has 238 valence electrons. The van der Waals surface area contributed by atoms with Crippen LogP contribution >= 0.6 is 0 Å². The minimum atomic E-state index is -0.128. The third kappa shape index (κ3) is 5.47. The second kappa shape index (κ2) is 12.3. The lowest BCUT2D eigenvalue weighted by Crippen LogP contribution is -2.18. The number of imidazole rings is 1. The standard InChI is InChI=1S/C44H41N3O/c1-28(2)32-21-16-24-35(44(4,5)6)41(32)47-38-26-14-13-25-36(38)46-43(47)34-23-15-22-33(42(34)48)40-39(31-19-11-8-12-20-31)29(3)27-37(45-40)30-17-9-7-10-18-30/h7-28,48H,1-6H3. The Labute approximate surface area is 283 Å². The fraction of sp³-hybridized carbons (Fsp3) is 0.182. The number of benzene rings is 5. The Morgan fingerprint density at radius 1 is 0.667 bits per heavy atom. The van der Waals surface area contributed by atoms with Crippen LogP contribution in [-0.2, 0) is 5.41 Å². The molecule has 0 aliphatic rings. The molecular weight excluding hydrogens is 587 g/mol. The van der Waals surface area contributed by atoms with Gasteiger partial charge in [-0.25, -0.2) is 9.97 Å². The van der Waals surface area contributed by atoms with Gasteiger partial charge in [0.05, 0.1) is 33.7 Å². The van der Waals surface area contributed by atoms with Crippen molar-refractivity contribution >= 4 is 11.0 Å². The van der Waals surface area contributed by atoms with E-state index in [2.05, 4.69) is 107 Å². The van der Waals surface area contributed by atoms with Crippen molar-refractivity contribution in [3.8, 4) is 56.5 Å². The maximum absolute atomic E-state index is 12.4. The van der Waals surface area contributed by atoms with Crippen molar-refractivity contribution in [2.75, 3.05) is 0 Å². The molecule has 7 rings (SSSR count). The van der Waals surface area contributed by atoms with Crippen LogP contribution in [0.25, 0.3) is 61.8 Å². The maximum Gasteiger partial charge on any atom is 0.149 e. The van der Waals surface area contributed by atoms with Gasteiger partial charge in [-0.15, -0.1) is 0 Å². The highest BCUT2D eigenvalue weighted by molar-refractivity contribution is 5.92. The Bertz CT molecular complexity index is 2260. The molecule has 7 aromatic rings. The molecule has 1 N–H and O–H groups in total. The molecular formula is C44H41N3O. The van der Waals surface area contributed by atoms with Crippen LogP contribution in [0.15, 0.2) is 127 Å². The summed E-state index contributed by atoms with van der Waals surface area (Å²) in [6.45, 7) is 13.4. The normalized spacial score (nSPS) is 11.8. The van der Waals surface area contributed by atoms with Gasteiger partial charge in [0.2, 0.25) is 0 Å². The SMILES string of the molecule is Cc1cc(-c2ccccc2)nc(-c2cccc(-c3nc4ccccc4n3-c3c(C(C)C)cccc3C(C)(C)C)c2O)c1-c1ccccc1. The Kier molecular flexibility index (Phi) is 7.96. The summed E-state index contributed by atoms with van der Waals surface area (Å²) in [6.07, 6.45) is 0. The molecule has 0 atom stereocenters. The summed E-state index contributed by atoms with van der Waals surface area (Å²) in [5, 5.41) is 12.4. The molecule has 48 heavy (non-hydrogen) atoms. The molecule has 0 amide bonds. The fourth-order valence-electron chi connectivity index (χ4n) is 6.82. The number of rotatable bonds is 6. The van der Waals surface area contributed by atoms with E-state index in [0.717, 1.165) is 50.4 Å². The number of fused-ring (bicyclic) bond motifs is 1. The largest absolute Gasteiger partial charge is 0.506 e. The molecule has 4 heteroatoms. The molecule has 4 nitrogen and oxygen atoms in total. The van der Waals surface area contributed by atoms with Crippen LogP contribution < -0.4 is 0 Å². The summed E-state index contributed by atoms with van der Waals surface area (Å²) in [5.74, 6) is 1.13. The van der Waals surface area contributed by atoms with Crippen LogP contribution in [0.2, 0.25) is 0 Å². The van der Waals surface area contributed by atoms with Crippen molar-refractivity contribution in [2.45, 2.75) is 52.9 Å². The van der Waals surface area contributed by atoms with E-state index < -0.39 is 0 Å². The number of hydrogen-bond acceptors (Lipinski definition) is 3.